The highest BCUT2D eigenvalue weighted by atomic mass is 19.4. The quantitative estimate of drug-likeness (QED) is 0.941. The van der Waals surface area contributed by atoms with Gasteiger partial charge in [0.05, 0.1) is 17.6 Å². The molecule has 2 aromatic heterocycles. The third kappa shape index (κ3) is 3.83. The highest BCUT2D eigenvalue weighted by Crippen LogP contribution is 2.18. The first-order chi connectivity index (χ1) is 9.78. The van der Waals surface area contributed by atoms with Crippen molar-refractivity contribution in [1.29, 1.82) is 0 Å². The number of carbonyl (C=O) groups is 1. The van der Waals surface area contributed by atoms with Gasteiger partial charge in [0, 0.05) is 12.7 Å². The molecule has 21 heavy (non-hydrogen) atoms. The maximum absolute atomic E-state index is 12.2. The van der Waals surface area contributed by atoms with Crippen LogP contribution in [0.2, 0.25) is 0 Å². The van der Waals surface area contributed by atoms with Crippen LogP contribution in [0.3, 0.4) is 0 Å². The molecule has 1 amide bonds. The molecule has 0 aliphatic carbocycles. The number of nitrogens with one attached hydrogen (secondary N) is 1. The minimum Gasteiger partial charge on any atom is -0.318 e. The summed E-state index contributed by atoms with van der Waals surface area (Å²) >= 11 is 0. The fourth-order valence-corrected chi connectivity index (χ4v) is 1.86. The van der Waals surface area contributed by atoms with Crippen molar-refractivity contribution >= 4 is 11.6 Å². The summed E-state index contributed by atoms with van der Waals surface area (Å²) in [6, 6.07) is 1.61. The number of aromatic nitrogens is 4. The molecule has 114 valence electrons. The monoisotopic (exact) mass is 301 g/mol. The van der Waals surface area contributed by atoms with Gasteiger partial charge in [-0.05, 0) is 19.9 Å². The molecule has 0 atom stereocenters. The van der Waals surface area contributed by atoms with Crippen LogP contribution in [0.25, 0.3) is 0 Å². The third-order valence-electron chi connectivity index (χ3n) is 2.67. The molecule has 0 bridgehead atoms. The number of amides is 1. The molecule has 6 nitrogen and oxygen atoms in total. The zero-order valence-corrected chi connectivity index (χ0v) is 11.5. The lowest BCUT2D eigenvalue weighted by Gasteiger charge is -2.06. The Morgan fingerprint density at radius 2 is 2.14 bits per heavy atom. The standard InChI is InChI=1S/C12H14F3N5O/c1-3-20-10(4-8(2)18-20)11(21)17-9-5-16-19(6-9)7-12(13,14)15/h4-6H,3,7H2,1-2H3,(H,17,21). The normalized spacial score (nSPS) is 11.7. The summed E-state index contributed by atoms with van der Waals surface area (Å²) in [5, 5.41) is 10.2. The molecule has 2 aromatic rings. The van der Waals surface area contributed by atoms with E-state index in [9.17, 15) is 18.0 Å². The van der Waals surface area contributed by atoms with Crippen molar-refractivity contribution in [2.24, 2.45) is 0 Å². The van der Waals surface area contributed by atoms with Crippen molar-refractivity contribution < 1.29 is 18.0 Å². The van der Waals surface area contributed by atoms with Gasteiger partial charge in [0.25, 0.3) is 5.91 Å². The smallest absolute Gasteiger partial charge is 0.318 e. The number of hydrogen-bond acceptors (Lipinski definition) is 3. The fourth-order valence-electron chi connectivity index (χ4n) is 1.86. The van der Waals surface area contributed by atoms with E-state index in [1.54, 1.807) is 13.0 Å². The number of halogens is 3. The van der Waals surface area contributed by atoms with Crippen molar-refractivity contribution in [3.63, 3.8) is 0 Å². The van der Waals surface area contributed by atoms with Crippen LogP contribution in [0.5, 0.6) is 0 Å². The van der Waals surface area contributed by atoms with Gasteiger partial charge in [0.2, 0.25) is 0 Å². The molecule has 0 fully saturated rings. The zero-order chi connectivity index (χ0) is 15.6. The minimum absolute atomic E-state index is 0.200. The van der Waals surface area contributed by atoms with E-state index in [4.69, 9.17) is 0 Å². The van der Waals surface area contributed by atoms with Gasteiger partial charge in [0.1, 0.15) is 12.2 Å². The molecule has 2 rings (SSSR count). The number of carbonyl (C=O) groups excluding carboxylic acids is 1. The molecule has 0 aliphatic heterocycles. The van der Waals surface area contributed by atoms with E-state index < -0.39 is 18.6 Å². The van der Waals surface area contributed by atoms with E-state index in [-0.39, 0.29) is 5.69 Å². The molecular formula is C12H14F3N5O. The van der Waals surface area contributed by atoms with Crippen molar-refractivity contribution in [2.45, 2.75) is 33.1 Å². The first-order valence-electron chi connectivity index (χ1n) is 6.23. The lowest BCUT2D eigenvalue weighted by molar-refractivity contribution is -0.142. The molecule has 0 aliphatic rings. The van der Waals surface area contributed by atoms with Crippen LogP contribution in [-0.2, 0) is 13.1 Å². The summed E-state index contributed by atoms with van der Waals surface area (Å²) in [6.07, 6.45) is -2.06. The van der Waals surface area contributed by atoms with Crippen LogP contribution in [-0.4, -0.2) is 31.6 Å². The first kappa shape index (κ1) is 15.1. The number of hydrogen-bond donors (Lipinski definition) is 1. The van der Waals surface area contributed by atoms with Gasteiger partial charge in [-0.15, -0.1) is 0 Å². The summed E-state index contributed by atoms with van der Waals surface area (Å²) in [5.41, 5.74) is 1.24. The average molecular weight is 301 g/mol. The molecule has 2 heterocycles. The Bertz CT molecular complexity index is 644. The van der Waals surface area contributed by atoms with Crippen molar-refractivity contribution in [3.8, 4) is 0 Å². The predicted octanol–water partition coefficient (Wildman–Crippen LogP) is 2.22. The SMILES string of the molecule is CCn1nc(C)cc1C(=O)Nc1cnn(CC(F)(F)F)c1. The maximum Gasteiger partial charge on any atom is 0.408 e. The second-order valence-corrected chi connectivity index (χ2v) is 4.48. The van der Waals surface area contributed by atoms with Gasteiger partial charge in [-0.3, -0.25) is 14.2 Å². The van der Waals surface area contributed by atoms with Gasteiger partial charge in [0.15, 0.2) is 0 Å². The minimum atomic E-state index is -4.36. The molecule has 9 heteroatoms. The number of aryl methyl sites for hydroxylation is 2. The van der Waals surface area contributed by atoms with Crippen LogP contribution in [0.1, 0.15) is 23.1 Å². The highest BCUT2D eigenvalue weighted by molar-refractivity contribution is 6.03. The Hall–Kier alpha value is -2.32. The van der Waals surface area contributed by atoms with Crippen LogP contribution in [0.15, 0.2) is 18.5 Å². The van der Waals surface area contributed by atoms with Gasteiger partial charge in [-0.2, -0.15) is 23.4 Å². The van der Waals surface area contributed by atoms with Crippen molar-refractivity contribution in [3.05, 3.63) is 29.8 Å². The van der Waals surface area contributed by atoms with E-state index >= 15 is 0 Å². The molecule has 0 aromatic carbocycles. The maximum atomic E-state index is 12.2. The van der Waals surface area contributed by atoms with E-state index in [0.717, 1.165) is 10.9 Å². The van der Waals surface area contributed by atoms with E-state index in [1.165, 1.54) is 10.9 Å². The third-order valence-corrected chi connectivity index (χ3v) is 2.67. The predicted molar refractivity (Wildman–Crippen MR) is 68.9 cm³/mol. The first-order valence-corrected chi connectivity index (χ1v) is 6.23. The molecule has 0 unspecified atom stereocenters. The number of nitrogens with zero attached hydrogens (tertiary/aromatic N) is 4. The fraction of sp³-hybridized carbons (Fsp3) is 0.417. The summed E-state index contributed by atoms with van der Waals surface area (Å²) in [5.74, 6) is -0.441. The topological polar surface area (TPSA) is 64.7 Å². The van der Waals surface area contributed by atoms with E-state index in [2.05, 4.69) is 15.5 Å². The van der Waals surface area contributed by atoms with Gasteiger partial charge in [-0.25, -0.2) is 0 Å². The molecule has 0 saturated heterocycles. The lowest BCUT2D eigenvalue weighted by Crippen LogP contribution is -2.18. The van der Waals surface area contributed by atoms with Gasteiger partial charge < -0.3 is 5.32 Å². The molecule has 0 spiro atoms. The summed E-state index contributed by atoms with van der Waals surface area (Å²) in [6.45, 7) is 2.91. The Kier molecular flexibility index (Phi) is 4.01. The average Bonchev–Trinajstić information content (AvgIpc) is 2.93. The summed E-state index contributed by atoms with van der Waals surface area (Å²) < 4.78 is 38.9. The number of anilines is 1. The number of rotatable bonds is 4. The Labute approximate surface area is 118 Å². The highest BCUT2D eigenvalue weighted by Gasteiger charge is 2.28. The van der Waals surface area contributed by atoms with Crippen LogP contribution >= 0.6 is 0 Å². The van der Waals surface area contributed by atoms with Crippen molar-refractivity contribution in [2.75, 3.05) is 5.32 Å². The molecular weight excluding hydrogens is 287 g/mol. The van der Waals surface area contributed by atoms with Gasteiger partial charge >= 0.3 is 6.18 Å². The van der Waals surface area contributed by atoms with Crippen LogP contribution in [0, 0.1) is 6.92 Å². The Morgan fingerprint density at radius 3 is 2.76 bits per heavy atom. The van der Waals surface area contributed by atoms with Crippen LogP contribution < -0.4 is 5.32 Å². The lowest BCUT2D eigenvalue weighted by atomic mass is 10.3. The molecule has 0 saturated carbocycles. The second-order valence-electron chi connectivity index (χ2n) is 4.48. The second kappa shape index (κ2) is 5.58. The zero-order valence-electron chi connectivity index (χ0n) is 11.5. The van der Waals surface area contributed by atoms with E-state index in [0.29, 0.717) is 17.9 Å². The summed E-state index contributed by atoms with van der Waals surface area (Å²) in [7, 11) is 0. The van der Waals surface area contributed by atoms with Crippen molar-refractivity contribution in [1.82, 2.24) is 19.6 Å². The van der Waals surface area contributed by atoms with Gasteiger partial charge in [-0.1, -0.05) is 0 Å². The molecule has 0 radical (unpaired) electrons. The molecule has 1 N–H and O–H groups in total. The van der Waals surface area contributed by atoms with Crippen LogP contribution in [0.4, 0.5) is 18.9 Å². The summed E-state index contributed by atoms with van der Waals surface area (Å²) in [4.78, 5) is 12.1. The van der Waals surface area contributed by atoms with E-state index in [1.807, 2.05) is 6.92 Å². The Balaban J connectivity index is 2.09. The largest absolute Gasteiger partial charge is 0.408 e. The number of alkyl halides is 3. The Morgan fingerprint density at radius 1 is 1.43 bits per heavy atom.